The van der Waals surface area contributed by atoms with Gasteiger partial charge in [0.15, 0.2) is 0 Å². The average molecular weight is 273 g/mol. The molecule has 0 spiro atoms. The number of nitrogen functional groups attached to an aromatic ring is 1. The lowest BCUT2D eigenvalue weighted by molar-refractivity contribution is 0.200. The molecule has 1 fully saturated rings. The molecule has 0 amide bonds. The number of hydrogen-bond acceptors (Lipinski definition) is 5. The van der Waals surface area contributed by atoms with Crippen molar-refractivity contribution in [3.63, 3.8) is 0 Å². The summed E-state index contributed by atoms with van der Waals surface area (Å²) in [4.78, 5) is 8.10. The van der Waals surface area contributed by atoms with Gasteiger partial charge in [-0.3, -0.25) is 5.43 Å². The number of nitrogens with two attached hydrogens (primary N) is 1. The van der Waals surface area contributed by atoms with E-state index in [1.807, 2.05) is 0 Å². The van der Waals surface area contributed by atoms with E-state index < -0.39 is 0 Å². The van der Waals surface area contributed by atoms with Crippen LogP contribution in [-0.2, 0) is 0 Å². The molecule has 1 aliphatic carbocycles. The van der Waals surface area contributed by atoms with Crippen molar-refractivity contribution in [3.05, 3.63) is 10.7 Å². The Morgan fingerprint density at radius 3 is 2.87 bits per heavy atom. The molecule has 1 saturated carbocycles. The number of hydrazine groups is 1. The lowest BCUT2D eigenvalue weighted by Crippen LogP contribution is -2.15. The summed E-state index contributed by atoms with van der Waals surface area (Å²) in [5.74, 6) is 6.16. The molecule has 1 heterocycles. The van der Waals surface area contributed by atoms with E-state index in [1.54, 1.807) is 6.20 Å². The highest BCUT2D eigenvalue weighted by molar-refractivity contribution is 9.10. The van der Waals surface area contributed by atoms with Gasteiger partial charge in [-0.25, -0.2) is 10.8 Å². The summed E-state index contributed by atoms with van der Waals surface area (Å²) in [7, 11) is 0. The smallest absolute Gasteiger partial charge is 0.240 e. The molecule has 6 heteroatoms. The van der Waals surface area contributed by atoms with Gasteiger partial charge in [-0.2, -0.15) is 4.98 Å². The summed E-state index contributed by atoms with van der Waals surface area (Å²) >= 11 is 3.35. The van der Waals surface area contributed by atoms with E-state index >= 15 is 0 Å². The fraction of sp³-hybridized carbons (Fsp3) is 0.556. The molecular formula is C9H13BrN4O. The van der Waals surface area contributed by atoms with Crippen LogP contribution in [-0.4, -0.2) is 16.1 Å². The van der Waals surface area contributed by atoms with Crippen molar-refractivity contribution >= 4 is 21.9 Å². The second-order valence-electron chi connectivity index (χ2n) is 3.52. The van der Waals surface area contributed by atoms with Gasteiger partial charge in [0.1, 0.15) is 6.10 Å². The summed E-state index contributed by atoms with van der Waals surface area (Å²) in [5.41, 5.74) is 2.40. The topological polar surface area (TPSA) is 73.1 Å². The molecule has 0 saturated heterocycles. The largest absolute Gasteiger partial charge is 0.473 e. The highest BCUT2D eigenvalue weighted by Crippen LogP contribution is 2.28. The molecule has 0 radical (unpaired) electrons. The Bertz CT molecular complexity index is 341. The Kier molecular flexibility index (Phi) is 3.37. The molecule has 0 aromatic carbocycles. The summed E-state index contributed by atoms with van der Waals surface area (Å²) in [6, 6.07) is 0. The van der Waals surface area contributed by atoms with Gasteiger partial charge in [0.25, 0.3) is 0 Å². The number of nitrogens with one attached hydrogen (secondary N) is 1. The third kappa shape index (κ3) is 2.57. The zero-order chi connectivity index (χ0) is 10.7. The van der Waals surface area contributed by atoms with Gasteiger partial charge in [0.05, 0.1) is 10.7 Å². The summed E-state index contributed by atoms with van der Waals surface area (Å²) < 4.78 is 6.51. The van der Waals surface area contributed by atoms with Crippen LogP contribution < -0.4 is 16.0 Å². The van der Waals surface area contributed by atoms with Crippen LogP contribution in [0.15, 0.2) is 10.7 Å². The Morgan fingerprint density at radius 1 is 1.47 bits per heavy atom. The molecule has 15 heavy (non-hydrogen) atoms. The van der Waals surface area contributed by atoms with Crippen LogP contribution in [0.25, 0.3) is 0 Å². The quantitative estimate of drug-likeness (QED) is 0.649. The maximum Gasteiger partial charge on any atom is 0.240 e. The van der Waals surface area contributed by atoms with Crippen LogP contribution in [0.4, 0.5) is 5.95 Å². The Morgan fingerprint density at radius 2 is 2.20 bits per heavy atom. The maximum atomic E-state index is 5.76. The van der Waals surface area contributed by atoms with E-state index in [4.69, 9.17) is 10.6 Å². The average Bonchev–Trinajstić information content (AvgIpc) is 2.74. The van der Waals surface area contributed by atoms with E-state index in [2.05, 4.69) is 31.3 Å². The number of ether oxygens (including phenoxy) is 1. The van der Waals surface area contributed by atoms with E-state index in [-0.39, 0.29) is 6.10 Å². The van der Waals surface area contributed by atoms with Gasteiger partial charge < -0.3 is 4.74 Å². The summed E-state index contributed by atoms with van der Waals surface area (Å²) in [6.07, 6.45) is 6.57. The van der Waals surface area contributed by atoms with Gasteiger partial charge >= 0.3 is 0 Å². The van der Waals surface area contributed by atoms with E-state index in [0.717, 1.165) is 17.3 Å². The molecule has 0 atom stereocenters. The molecule has 2 rings (SSSR count). The standard InChI is InChI=1S/C9H13BrN4O/c10-7-5-12-9(14-11)13-8(7)15-6-3-1-2-4-6/h5-6H,1-4,11H2,(H,12,13,14). The molecule has 0 unspecified atom stereocenters. The highest BCUT2D eigenvalue weighted by atomic mass is 79.9. The fourth-order valence-corrected chi connectivity index (χ4v) is 1.95. The third-order valence-electron chi connectivity index (χ3n) is 2.42. The molecule has 5 nitrogen and oxygen atoms in total. The van der Waals surface area contributed by atoms with E-state index in [9.17, 15) is 0 Å². The fourth-order valence-electron chi connectivity index (χ4n) is 1.67. The highest BCUT2D eigenvalue weighted by Gasteiger charge is 2.18. The zero-order valence-corrected chi connectivity index (χ0v) is 9.83. The monoisotopic (exact) mass is 272 g/mol. The van der Waals surface area contributed by atoms with Crippen LogP contribution in [0.3, 0.4) is 0 Å². The van der Waals surface area contributed by atoms with Crippen LogP contribution in [0.1, 0.15) is 25.7 Å². The molecular weight excluding hydrogens is 260 g/mol. The van der Waals surface area contributed by atoms with Gasteiger partial charge in [-0.1, -0.05) is 0 Å². The second-order valence-corrected chi connectivity index (χ2v) is 4.37. The minimum atomic E-state index is 0.279. The lowest BCUT2D eigenvalue weighted by atomic mass is 10.3. The molecule has 82 valence electrons. The first-order chi connectivity index (χ1) is 7.29. The number of halogens is 1. The number of anilines is 1. The maximum absolute atomic E-state index is 5.76. The second kappa shape index (κ2) is 4.76. The van der Waals surface area contributed by atoms with Crippen molar-refractivity contribution in [1.82, 2.24) is 9.97 Å². The lowest BCUT2D eigenvalue weighted by Gasteiger charge is -2.13. The van der Waals surface area contributed by atoms with Crippen LogP contribution in [0, 0.1) is 0 Å². The number of hydrogen-bond donors (Lipinski definition) is 2. The predicted octanol–water partition coefficient (Wildman–Crippen LogP) is 1.85. The molecule has 0 bridgehead atoms. The molecule has 0 aliphatic heterocycles. The van der Waals surface area contributed by atoms with E-state index in [1.165, 1.54) is 12.8 Å². The third-order valence-corrected chi connectivity index (χ3v) is 2.97. The number of nitrogens with zero attached hydrogens (tertiary/aromatic N) is 2. The Balaban J connectivity index is 2.11. The van der Waals surface area contributed by atoms with Gasteiger partial charge in [0, 0.05) is 0 Å². The minimum Gasteiger partial charge on any atom is -0.473 e. The minimum absolute atomic E-state index is 0.279. The van der Waals surface area contributed by atoms with Crippen LogP contribution in [0.5, 0.6) is 5.88 Å². The first kappa shape index (κ1) is 10.6. The van der Waals surface area contributed by atoms with Crippen molar-refractivity contribution in [1.29, 1.82) is 0 Å². The molecule has 1 aliphatic rings. The van der Waals surface area contributed by atoms with Crippen LogP contribution >= 0.6 is 15.9 Å². The van der Waals surface area contributed by atoms with Crippen molar-refractivity contribution in [2.45, 2.75) is 31.8 Å². The SMILES string of the molecule is NNc1ncc(Br)c(OC2CCCC2)n1. The van der Waals surface area contributed by atoms with E-state index in [0.29, 0.717) is 11.8 Å². The number of rotatable bonds is 3. The van der Waals surface area contributed by atoms with Gasteiger partial charge in [-0.05, 0) is 41.6 Å². The number of aromatic nitrogens is 2. The van der Waals surface area contributed by atoms with Crippen molar-refractivity contribution in [2.24, 2.45) is 5.84 Å². The predicted molar refractivity (Wildman–Crippen MR) is 60.4 cm³/mol. The normalized spacial score (nSPS) is 16.7. The first-order valence-corrected chi connectivity index (χ1v) is 5.74. The van der Waals surface area contributed by atoms with Gasteiger partial charge in [-0.15, -0.1) is 0 Å². The Hall–Kier alpha value is -0.880. The van der Waals surface area contributed by atoms with Crippen molar-refractivity contribution in [2.75, 3.05) is 5.43 Å². The van der Waals surface area contributed by atoms with Gasteiger partial charge in [0.2, 0.25) is 11.8 Å². The molecule has 3 N–H and O–H groups in total. The molecule has 1 aromatic rings. The first-order valence-electron chi connectivity index (χ1n) is 4.95. The molecule has 1 aromatic heterocycles. The van der Waals surface area contributed by atoms with Crippen molar-refractivity contribution in [3.8, 4) is 5.88 Å². The van der Waals surface area contributed by atoms with Crippen molar-refractivity contribution < 1.29 is 4.74 Å². The Labute approximate surface area is 96.5 Å². The van der Waals surface area contributed by atoms with Crippen LogP contribution in [0.2, 0.25) is 0 Å². The zero-order valence-electron chi connectivity index (χ0n) is 8.24. The summed E-state index contributed by atoms with van der Waals surface area (Å²) in [6.45, 7) is 0. The summed E-state index contributed by atoms with van der Waals surface area (Å²) in [5, 5.41) is 0.